The van der Waals surface area contributed by atoms with Crippen molar-refractivity contribution in [2.45, 2.75) is 84.9 Å². The number of rotatable bonds is 3. The summed E-state index contributed by atoms with van der Waals surface area (Å²) in [6, 6.07) is 0. The molecule has 0 spiro atoms. The summed E-state index contributed by atoms with van der Waals surface area (Å²) in [6.45, 7) is 17.0. The zero-order valence-electron chi connectivity index (χ0n) is 13.8. The van der Waals surface area contributed by atoms with E-state index in [0.717, 1.165) is 25.9 Å². The maximum atomic E-state index is 6.15. The standard InChI is InChI=1S/C16H33NO/c1-14(2,3)9-10-18-13-11-15(4,5)17(8)16(6,7)12-13/h13H,9-12H2,1-8H3. The molecule has 0 radical (unpaired) electrons. The van der Waals surface area contributed by atoms with Crippen LogP contribution in [0.1, 0.15) is 67.7 Å². The molecule has 0 amide bonds. The largest absolute Gasteiger partial charge is 0.378 e. The molecule has 1 saturated heterocycles. The highest BCUT2D eigenvalue weighted by atomic mass is 16.5. The highest BCUT2D eigenvalue weighted by Crippen LogP contribution is 2.38. The van der Waals surface area contributed by atoms with Crippen LogP contribution in [0.3, 0.4) is 0 Å². The molecule has 0 saturated carbocycles. The minimum Gasteiger partial charge on any atom is -0.378 e. The Morgan fingerprint density at radius 2 is 1.50 bits per heavy atom. The van der Waals surface area contributed by atoms with Gasteiger partial charge in [0.15, 0.2) is 0 Å². The Bertz CT molecular complexity index is 257. The highest BCUT2D eigenvalue weighted by molar-refractivity contribution is 4.98. The van der Waals surface area contributed by atoms with Gasteiger partial charge in [-0.3, -0.25) is 4.90 Å². The van der Waals surface area contributed by atoms with Crippen molar-refractivity contribution in [1.29, 1.82) is 0 Å². The number of nitrogens with zero attached hydrogens (tertiary/aromatic N) is 1. The molecule has 0 aliphatic carbocycles. The molecule has 18 heavy (non-hydrogen) atoms. The molecule has 1 heterocycles. The first-order valence-electron chi connectivity index (χ1n) is 7.30. The van der Waals surface area contributed by atoms with Gasteiger partial charge in [0.25, 0.3) is 0 Å². The van der Waals surface area contributed by atoms with Crippen LogP contribution in [0.15, 0.2) is 0 Å². The minimum atomic E-state index is 0.230. The summed E-state index contributed by atoms with van der Waals surface area (Å²) < 4.78 is 6.15. The molecule has 2 heteroatoms. The smallest absolute Gasteiger partial charge is 0.0610 e. The zero-order valence-corrected chi connectivity index (χ0v) is 13.8. The average Bonchev–Trinajstić information content (AvgIpc) is 2.11. The van der Waals surface area contributed by atoms with Gasteiger partial charge >= 0.3 is 0 Å². The molecule has 0 bridgehead atoms. The van der Waals surface area contributed by atoms with E-state index in [0.29, 0.717) is 11.5 Å². The van der Waals surface area contributed by atoms with Gasteiger partial charge in [-0.15, -0.1) is 0 Å². The first-order chi connectivity index (χ1) is 7.94. The fraction of sp³-hybridized carbons (Fsp3) is 1.00. The van der Waals surface area contributed by atoms with E-state index >= 15 is 0 Å². The highest BCUT2D eigenvalue weighted by Gasteiger charge is 2.43. The van der Waals surface area contributed by atoms with Gasteiger partial charge in [-0.25, -0.2) is 0 Å². The third-order valence-corrected chi connectivity index (χ3v) is 4.48. The zero-order chi connectivity index (χ0) is 14.2. The van der Waals surface area contributed by atoms with Gasteiger partial charge in [-0.2, -0.15) is 0 Å². The lowest BCUT2D eigenvalue weighted by molar-refractivity contribution is -0.0942. The number of ether oxygens (including phenoxy) is 1. The van der Waals surface area contributed by atoms with Gasteiger partial charge in [-0.1, -0.05) is 20.8 Å². The molecule has 0 aromatic heterocycles. The van der Waals surface area contributed by atoms with Crippen LogP contribution < -0.4 is 0 Å². The van der Waals surface area contributed by atoms with E-state index in [1.54, 1.807) is 0 Å². The van der Waals surface area contributed by atoms with Crippen molar-refractivity contribution < 1.29 is 4.74 Å². The number of likely N-dealkylation sites (tertiary alicyclic amines) is 1. The Morgan fingerprint density at radius 1 is 1.06 bits per heavy atom. The normalized spacial score (nSPS) is 25.3. The Kier molecular flexibility index (Phi) is 4.55. The molecule has 0 aromatic rings. The fourth-order valence-electron chi connectivity index (χ4n) is 2.93. The topological polar surface area (TPSA) is 12.5 Å². The lowest BCUT2D eigenvalue weighted by Gasteiger charge is -2.53. The third-order valence-electron chi connectivity index (χ3n) is 4.48. The summed E-state index contributed by atoms with van der Waals surface area (Å²) in [5.41, 5.74) is 0.832. The lowest BCUT2D eigenvalue weighted by atomic mass is 9.78. The summed E-state index contributed by atoms with van der Waals surface area (Å²) in [5.74, 6) is 0. The molecular formula is C16H33NO. The second kappa shape index (κ2) is 5.13. The Labute approximate surface area is 114 Å². The second-order valence-corrected chi connectivity index (χ2v) is 8.40. The molecule has 0 atom stereocenters. The second-order valence-electron chi connectivity index (χ2n) is 8.40. The summed E-state index contributed by atoms with van der Waals surface area (Å²) in [6.07, 6.45) is 3.82. The molecule has 0 N–H and O–H groups in total. The summed E-state index contributed by atoms with van der Waals surface area (Å²) in [4.78, 5) is 2.50. The van der Waals surface area contributed by atoms with Crippen LogP contribution in [-0.4, -0.2) is 35.7 Å². The Balaban J connectivity index is 2.54. The van der Waals surface area contributed by atoms with Crippen molar-refractivity contribution in [2.75, 3.05) is 13.7 Å². The molecule has 0 aromatic carbocycles. The SMILES string of the molecule is CN1C(C)(C)CC(OCCC(C)(C)C)CC1(C)C. The Morgan fingerprint density at radius 3 is 1.89 bits per heavy atom. The van der Waals surface area contributed by atoms with Crippen LogP contribution in [0, 0.1) is 5.41 Å². The van der Waals surface area contributed by atoms with Gasteiger partial charge in [0, 0.05) is 17.7 Å². The first kappa shape index (κ1) is 16.0. The van der Waals surface area contributed by atoms with Crippen molar-refractivity contribution in [3.8, 4) is 0 Å². The predicted molar refractivity (Wildman–Crippen MR) is 79.0 cm³/mol. The number of piperidine rings is 1. The molecule has 1 aliphatic rings. The van der Waals surface area contributed by atoms with Crippen LogP contribution in [0.25, 0.3) is 0 Å². The third kappa shape index (κ3) is 4.24. The summed E-state index contributed by atoms with van der Waals surface area (Å²) >= 11 is 0. The van der Waals surface area contributed by atoms with Gasteiger partial charge < -0.3 is 4.74 Å². The van der Waals surface area contributed by atoms with Crippen molar-refractivity contribution >= 4 is 0 Å². The van der Waals surface area contributed by atoms with E-state index in [2.05, 4.69) is 60.4 Å². The molecule has 1 aliphatic heterocycles. The first-order valence-corrected chi connectivity index (χ1v) is 7.30. The molecule has 0 unspecified atom stereocenters. The van der Waals surface area contributed by atoms with Crippen LogP contribution in [0.2, 0.25) is 0 Å². The molecule has 2 nitrogen and oxygen atoms in total. The molecule has 1 fully saturated rings. The van der Waals surface area contributed by atoms with E-state index in [-0.39, 0.29) is 11.1 Å². The predicted octanol–water partition coefficient (Wildman–Crippen LogP) is 4.09. The van der Waals surface area contributed by atoms with Gasteiger partial charge in [-0.05, 0) is 59.4 Å². The number of hydrogen-bond donors (Lipinski definition) is 0. The van der Waals surface area contributed by atoms with Gasteiger partial charge in [0.05, 0.1) is 6.10 Å². The monoisotopic (exact) mass is 255 g/mol. The summed E-state index contributed by atoms with van der Waals surface area (Å²) in [5, 5.41) is 0. The van der Waals surface area contributed by atoms with Crippen LogP contribution in [-0.2, 0) is 4.74 Å². The maximum Gasteiger partial charge on any atom is 0.0610 e. The lowest BCUT2D eigenvalue weighted by Crippen LogP contribution is -2.60. The van der Waals surface area contributed by atoms with E-state index in [1.165, 1.54) is 0 Å². The van der Waals surface area contributed by atoms with E-state index in [9.17, 15) is 0 Å². The maximum absolute atomic E-state index is 6.15. The molecular weight excluding hydrogens is 222 g/mol. The number of hydrogen-bond acceptors (Lipinski definition) is 2. The molecule has 1 rings (SSSR count). The van der Waals surface area contributed by atoms with Gasteiger partial charge in [0.2, 0.25) is 0 Å². The van der Waals surface area contributed by atoms with E-state index < -0.39 is 0 Å². The van der Waals surface area contributed by atoms with Crippen LogP contribution in [0.4, 0.5) is 0 Å². The van der Waals surface area contributed by atoms with E-state index in [1.807, 2.05) is 0 Å². The minimum absolute atomic E-state index is 0.230. The van der Waals surface area contributed by atoms with Crippen LogP contribution in [0.5, 0.6) is 0 Å². The van der Waals surface area contributed by atoms with E-state index in [4.69, 9.17) is 4.74 Å². The van der Waals surface area contributed by atoms with Crippen molar-refractivity contribution in [3.05, 3.63) is 0 Å². The summed E-state index contributed by atoms with van der Waals surface area (Å²) in [7, 11) is 2.24. The van der Waals surface area contributed by atoms with Crippen molar-refractivity contribution in [3.63, 3.8) is 0 Å². The van der Waals surface area contributed by atoms with Gasteiger partial charge in [0.1, 0.15) is 0 Å². The fourth-order valence-corrected chi connectivity index (χ4v) is 2.93. The quantitative estimate of drug-likeness (QED) is 0.753. The van der Waals surface area contributed by atoms with Crippen molar-refractivity contribution in [2.24, 2.45) is 5.41 Å². The Hall–Kier alpha value is -0.0800. The molecule has 108 valence electrons. The van der Waals surface area contributed by atoms with Crippen molar-refractivity contribution in [1.82, 2.24) is 4.90 Å². The van der Waals surface area contributed by atoms with Crippen LogP contribution >= 0.6 is 0 Å². The average molecular weight is 255 g/mol.